The molecule has 0 aliphatic heterocycles. The van der Waals surface area contributed by atoms with Gasteiger partial charge in [0.25, 0.3) is 0 Å². The van der Waals surface area contributed by atoms with E-state index >= 15 is 0 Å². The van der Waals surface area contributed by atoms with Crippen LogP contribution in [0.5, 0.6) is 0 Å². The lowest BCUT2D eigenvalue weighted by atomic mass is 10.0. The molecule has 0 bridgehead atoms. The van der Waals surface area contributed by atoms with E-state index in [1.807, 2.05) is 33.3 Å². The van der Waals surface area contributed by atoms with Crippen LogP contribution in [0.1, 0.15) is 310 Å². The van der Waals surface area contributed by atoms with Gasteiger partial charge in [0.2, 0.25) is 5.91 Å². The molecule has 0 aliphatic rings. The van der Waals surface area contributed by atoms with Crippen molar-refractivity contribution in [1.82, 2.24) is 5.32 Å². The molecule has 0 aromatic rings. The molecule has 0 spiro atoms. The van der Waals surface area contributed by atoms with Gasteiger partial charge in [-0.2, -0.15) is 0 Å². The summed E-state index contributed by atoms with van der Waals surface area (Å²) in [5.41, 5.74) is 0. The van der Waals surface area contributed by atoms with E-state index in [0.29, 0.717) is 23.9 Å². The van der Waals surface area contributed by atoms with E-state index in [2.05, 4.69) is 38.2 Å². The van der Waals surface area contributed by atoms with Gasteiger partial charge in [-0.15, -0.1) is 0 Å². The summed E-state index contributed by atoms with van der Waals surface area (Å²) in [7, 11) is 1.51. The van der Waals surface area contributed by atoms with Crippen LogP contribution in [0, 0.1) is 0 Å². The molecular formula is C62H122N2O7P+. The number of nitrogens with one attached hydrogen (secondary N) is 1. The first kappa shape index (κ1) is 70.5. The van der Waals surface area contributed by atoms with Crippen LogP contribution < -0.4 is 5.32 Å². The number of allylic oxidation sites excluding steroid dienone is 3. The predicted molar refractivity (Wildman–Crippen MR) is 310 cm³/mol. The number of phosphoric ester groups is 1. The maximum Gasteiger partial charge on any atom is 0.472 e. The molecule has 0 aliphatic carbocycles. The van der Waals surface area contributed by atoms with Crippen molar-refractivity contribution in [2.24, 2.45) is 0 Å². The number of amides is 1. The summed E-state index contributed by atoms with van der Waals surface area (Å²) >= 11 is 0. The fourth-order valence-electron chi connectivity index (χ4n) is 9.29. The number of phosphoric acid groups is 1. The number of quaternary nitrogens is 1. The van der Waals surface area contributed by atoms with Crippen molar-refractivity contribution < 1.29 is 37.3 Å². The van der Waals surface area contributed by atoms with Crippen molar-refractivity contribution in [3.05, 3.63) is 24.3 Å². The first-order valence-corrected chi connectivity index (χ1v) is 32.7. The van der Waals surface area contributed by atoms with Gasteiger partial charge in [0.15, 0.2) is 0 Å². The maximum absolute atomic E-state index is 13.5. The zero-order chi connectivity index (χ0) is 52.9. The number of ether oxygens (including phenoxy) is 1. The van der Waals surface area contributed by atoms with E-state index in [9.17, 15) is 19.0 Å². The van der Waals surface area contributed by atoms with Crippen LogP contribution in [0.25, 0.3) is 0 Å². The van der Waals surface area contributed by atoms with Crippen molar-refractivity contribution in [2.75, 3.05) is 40.9 Å². The first-order chi connectivity index (χ1) is 34.9. The molecule has 3 atom stereocenters. The highest BCUT2D eigenvalue weighted by Crippen LogP contribution is 2.43. The molecule has 426 valence electrons. The van der Waals surface area contributed by atoms with Crippen molar-refractivity contribution in [2.45, 2.75) is 322 Å². The minimum Gasteiger partial charge on any atom is -0.456 e. The third-order valence-electron chi connectivity index (χ3n) is 14.1. The number of esters is 1. The van der Waals surface area contributed by atoms with Gasteiger partial charge in [-0.1, -0.05) is 264 Å². The van der Waals surface area contributed by atoms with Crippen LogP contribution in [0.2, 0.25) is 0 Å². The van der Waals surface area contributed by atoms with Crippen LogP contribution in [0.4, 0.5) is 0 Å². The second-order valence-corrected chi connectivity index (χ2v) is 24.0. The summed E-state index contributed by atoms with van der Waals surface area (Å²) in [6, 6.07) is -0.840. The maximum atomic E-state index is 13.5. The average molecular weight is 1040 g/mol. The van der Waals surface area contributed by atoms with Gasteiger partial charge < -0.3 is 19.4 Å². The number of carbonyl (C=O) groups is 2. The van der Waals surface area contributed by atoms with Crippen molar-refractivity contribution in [1.29, 1.82) is 0 Å². The van der Waals surface area contributed by atoms with Crippen molar-refractivity contribution >= 4 is 19.7 Å². The Hall–Kier alpha value is -1.51. The van der Waals surface area contributed by atoms with Crippen molar-refractivity contribution in [3.63, 3.8) is 0 Å². The predicted octanol–water partition coefficient (Wildman–Crippen LogP) is 18.9. The molecule has 3 unspecified atom stereocenters. The van der Waals surface area contributed by atoms with E-state index in [4.69, 9.17) is 13.8 Å². The molecule has 1 amide bonds. The van der Waals surface area contributed by atoms with E-state index in [-0.39, 0.29) is 25.1 Å². The Morgan fingerprint density at radius 3 is 1.18 bits per heavy atom. The highest BCUT2D eigenvalue weighted by Gasteiger charge is 2.30. The van der Waals surface area contributed by atoms with Crippen LogP contribution in [0.15, 0.2) is 24.3 Å². The molecule has 0 aromatic carbocycles. The minimum absolute atomic E-state index is 0.0440. The Morgan fingerprint density at radius 1 is 0.472 bits per heavy atom. The molecule has 9 nitrogen and oxygen atoms in total. The number of rotatable bonds is 57. The first-order valence-electron chi connectivity index (χ1n) is 31.2. The highest BCUT2D eigenvalue weighted by atomic mass is 31.2. The summed E-state index contributed by atoms with van der Waals surface area (Å²) in [6.07, 6.45) is 61.8. The molecule has 2 N–H and O–H groups in total. The Balaban J connectivity index is 5.09. The zero-order valence-electron chi connectivity index (χ0n) is 48.7. The zero-order valence-corrected chi connectivity index (χ0v) is 49.6. The Morgan fingerprint density at radius 2 is 0.806 bits per heavy atom. The summed E-state index contributed by atoms with van der Waals surface area (Å²) in [4.78, 5) is 37.6. The van der Waals surface area contributed by atoms with E-state index < -0.39 is 20.0 Å². The molecule has 10 heteroatoms. The van der Waals surface area contributed by atoms with Gasteiger partial charge in [0.05, 0.1) is 33.8 Å². The van der Waals surface area contributed by atoms with Crippen LogP contribution >= 0.6 is 7.82 Å². The molecule has 0 heterocycles. The van der Waals surface area contributed by atoms with Crippen LogP contribution in [0.3, 0.4) is 0 Å². The topological polar surface area (TPSA) is 111 Å². The Labute approximate surface area is 447 Å². The average Bonchev–Trinajstić information content (AvgIpc) is 3.34. The smallest absolute Gasteiger partial charge is 0.456 e. The molecule has 0 saturated carbocycles. The number of nitrogens with zero attached hydrogens (tertiary/aromatic N) is 1. The lowest BCUT2D eigenvalue weighted by Gasteiger charge is -2.27. The second kappa shape index (κ2) is 52.9. The quantitative estimate of drug-likeness (QED) is 0.0205. The molecule has 0 radical (unpaired) electrons. The molecule has 0 aromatic heterocycles. The number of likely N-dealkylation sites (N-methyl/N-ethyl adjacent to an activating group) is 1. The fraction of sp³-hybridized carbons (Fsp3) is 0.903. The number of unbranched alkanes of at least 4 members (excludes halogenated alkanes) is 39. The minimum atomic E-state index is -4.44. The SMILES string of the molecule is CCCCCCCC/C=C/CCCCCCCCCCCCCCCC(=O)OC(/C=C\CCCCCCCCCCCC)C(COP(=O)(O)OCC[N+](C)(C)C)NC(=O)CCCCCCCCCCCCC. The highest BCUT2D eigenvalue weighted by molar-refractivity contribution is 7.47. The van der Waals surface area contributed by atoms with Crippen LogP contribution in [-0.4, -0.2) is 74.3 Å². The summed E-state index contributed by atoms with van der Waals surface area (Å²) in [5, 5.41) is 3.05. The number of carbonyl (C=O) groups excluding carboxylic acids is 2. The van der Waals surface area contributed by atoms with Crippen LogP contribution in [-0.2, 0) is 27.9 Å². The summed E-state index contributed by atoms with van der Waals surface area (Å²) < 4.78 is 30.7. The summed E-state index contributed by atoms with van der Waals surface area (Å²) in [5.74, 6) is -0.491. The van der Waals surface area contributed by atoms with Gasteiger partial charge in [-0.25, -0.2) is 4.57 Å². The van der Waals surface area contributed by atoms with Gasteiger partial charge in [-0.05, 0) is 57.4 Å². The fourth-order valence-corrected chi connectivity index (χ4v) is 10.0. The number of hydrogen-bond acceptors (Lipinski definition) is 6. The lowest BCUT2D eigenvalue weighted by Crippen LogP contribution is -2.47. The Bertz CT molecular complexity index is 1290. The third kappa shape index (κ3) is 53.3. The monoisotopic (exact) mass is 1040 g/mol. The second-order valence-electron chi connectivity index (χ2n) is 22.6. The van der Waals surface area contributed by atoms with E-state index in [1.54, 1.807) is 0 Å². The largest absolute Gasteiger partial charge is 0.472 e. The van der Waals surface area contributed by atoms with E-state index in [1.165, 1.54) is 218 Å². The standard InChI is InChI=1S/C62H121N2O7P/c1-7-10-13-16-19-22-25-27-28-29-30-31-32-33-34-35-36-37-40-43-46-49-52-55-62(66)71-60(53-50-47-44-41-39-26-23-20-17-14-11-8-2)59(58-70-72(67,68)69-57-56-64(4,5)6)63-61(65)54-51-48-45-42-38-24-21-18-15-12-9-3/h27-28,50,53,59-60H,7-26,29-49,51-52,54-58H2,1-6H3,(H-,63,65,67,68)/p+1/b28-27+,53-50-. The molecular weight excluding hydrogens is 916 g/mol. The number of hydrogen-bond donors (Lipinski definition) is 2. The third-order valence-corrected chi connectivity index (χ3v) is 15.1. The molecule has 0 fully saturated rings. The van der Waals surface area contributed by atoms with Crippen molar-refractivity contribution in [3.8, 4) is 0 Å². The van der Waals surface area contributed by atoms with Gasteiger partial charge in [0.1, 0.15) is 19.3 Å². The molecule has 0 rings (SSSR count). The Kier molecular flexibility index (Phi) is 51.8. The lowest BCUT2D eigenvalue weighted by molar-refractivity contribution is -0.870. The molecule has 0 saturated heterocycles. The summed E-state index contributed by atoms with van der Waals surface area (Å²) in [6.45, 7) is 7.03. The molecule has 72 heavy (non-hydrogen) atoms. The van der Waals surface area contributed by atoms with Gasteiger partial charge >= 0.3 is 13.8 Å². The van der Waals surface area contributed by atoms with Gasteiger partial charge in [0, 0.05) is 12.8 Å². The van der Waals surface area contributed by atoms with E-state index in [0.717, 1.165) is 57.8 Å². The van der Waals surface area contributed by atoms with Gasteiger partial charge in [-0.3, -0.25) is 18.6 Å². The normalized spacial score (nSPS) is 13.8.